The van der Waals surface area contributed by atoms with E-state index in [9.17, 15) is 12.3 Å². The molecule has 0 aliphatic heterocycles. The molecular weight excluding hydrogens is 191 g/mol. The van der Waals surface area contributed by atoms with Gasteiger partial charge in [-0.1, -0.05) is 17.7 Å². The van der Waals surface area contributed by atoms with Crippen LogP contribution in [0.15, 0.2) is 29.2 Å². The molecule has 0 saturated heterocycles. The van der Waals surface area contributed by atoms with Crippen LogP contribution in [0.1, 0.15) is 0 Å². The Balaban J connectivity index is 3.28. The standard InChI is InChI=1S/C6H4ClFO2S/c7-5-2-1-3-6(4-5)11(8,9)10/h1-4H. The summed E-state index contributed by atoms with van der Waals surface area (Å²) < 4.78 is 32.7. The summed E-state index contributed by atoms with van der Waals surface area (Å²) in [4.78, 5) is -0.412. The molecule has 0 N–H and O–H groups in total. The van der Waals surface area contributed by atoms with Crippen LogP contribution in [-0.2, 0) is 10.2 Å². The summed E-state index contributed by atoms with van der Waals surface area (Å²) >= 11 is 5.42. The minimum Gasteiger partial charge on any atom is -0.189 e. The maximum absolute atomic E-state index is 12.2. The lowest BCUT2D eigenvalue weighted by molar-refractivity contribution is 0.552. The predicted molar refractivity (Wildman–Crippen MR) is 39.7 cm³/mol. The van der Waals surface area contributed by atoms with Crippen LogP contribution >= 0.6 is 11.6 Å². The fourth-order valence-electron chi connectivity index (χ4n) is 0.619. The fraction of sp³-hybridized carbons (Fsp3) is 0. The highest BCUT2D eigenvalue weighted by atomic mass is 35.5. The van der Waals surface area contributed by atoms with Crippen LogP contribution in [0.4, 0.5) is 3.89 Å². The zero-order chi connectivity index (χ0) is 8.48. The van der Waals surface area contributed by atoms with Crippen LogP contribution < -0.4 is 0 Å². The molecule has 0 bridgehead atoms. The molecule has 5 heteroatoms. The summed E-state index contributed by atoms with van der Waals surface area (Å²) in [5.74, 6) is 0. The highest BCUT2D eigenvalue weighted by molar-refractivity contribution is 7.86. The Labute approximate surface area is 68.8 Å². The minimum atomic E-state index is -4.61. The Kier molecular flexibility index (Phi) is 2.15. The molecule has 0 aliphatic carbocycles. The van der Waals surface area contributed by atoms with Crippen molar-refractivity contribution in [2.24, 2.45) is 0 Å². The molecule has 1 aromatic rings. The van der Waals surface area contributed by atoms with Crippen molar-refractivity contribution in [3.8, 4) is 0 Å². The first-order valence-corrected chi connectivity index (χ1v) is 4.46. The Morgan fingerprint density at radius 1 is 1.36 bits per heavy atom. The van der Waals surface area contributed by atoms with E-state index in [-0.39, 0.29) is 5.02 Å². The van der Waals surface area contributed by atoms with Crippen LogP contribution in [0.2, 0.25) is 5.02 Å². The molecule has 0 aliphatic rings. The highest BCUT2D eigenvalue weighted by Gasteiger charge is 2.10. The third-order valence-electron chi connectivity index (χ3n) is 1.08. The molecule has 0 heterocycles. The van der Waals surface area contributed by atoms with Gasteiger partial charge in [-0.25, -0.2) is 0 Å². The maximum Gasteiger partial charge on any atom is 0.332 e. The van der Waals surface area contributed by atoms with Crippen molar-refractivity contribution in [3.05, 3.63) is 29.3 Å². The van der Waals surface area contributed by atoms with Gasteiger partial charge >= 0.3 is 10.2 Å². The topological polar surface area (TPSA) is 34.1 Å². The smallest absolute Gasteiger partial charge is 0.189 e. The number of halogens is 2. The molecule has 0 aromatic heterocycles. The molecule has 11 heavy (non-hydrogen) atoms. The molecule has 0 spiro atoms. The first-order valence-electron chi connectivity index (χ1n) is 2.70. The first-order chi connectivity index (χ1) is 5.00. The third kappa shape index (κ3) is 2.17. The van der Waals surface area contributed by atoms with Gasteiger partial charge in [0.1, 0.15) is 0 Å². The van der Waals surface area contributed by atoms with E-state index in [0.717, 1.165) is 12.1 Å². The van der Waals surface area contributed by atoms with Gasteiger partial charge in [-0.15, -0.1) is 3.89 Å². The summed E-state index contributed by atoms with van der Waals surface area (Å²) in [6.45, 7) is 0. The van der Waals surface area contributed by atoms with Gasteiger partial charge in [-0.05, 0) is 18.2 Å². The van der Waals surface area contributed by atoms with Gasteiger partial charge in [-0.3, -0.25) is 0 Å². The molecule has 60 valence electrons. The van der Waals surface area contributed by atoms with E-state index < -0.39 is 15.1 Å². The van der Waals surface area contributed by atoms with E-state index in [1.165, 1.54) is 12.1 Å². The number of hydrogen-bond acceptors (Lipinski definition) is 2. The van der Waals surface area contributed by atoms with E-state index in [2.05, 4.69) is 0 Å². The van der Waals surface area contributed by atoms with Gasteiger partial charge in [0.05, 0.1) is 4.90 Å². The van der Waals surface area contributed by atoms with E-state index in [1.54, 1.807) is 0 Å². The number of rotatable bonds is 1. The predicted octanol–water partition coefficient (Wildman–Crippen LogP) is 2.00. The second-order valence-electron chi connectivity index (χ2n) is 1.90. The number of benzene rings is 1. The summed E-state index contributed by atoms with van der Waals surface area (Å²) in [5, 5.41) is 0.198. The Hall–Kier alpha value is -0.610. The second kappa shape index (κ2) is 2.79. The molecule has 2 nitrogen and oxygen atoms in total. The lowest BCUT2D eigenvalue weighted by atomic mass is 10.4. The second-order valence-corrected chi connectivity index (χ2v) is 3.68. The van der Waals surface area contributed by atoms with E-state index in [4.69, 9.17) is 11.6 Å². The molecule has 0 atom stereocenters. The van der Waals surface area contributed by atoms with Crippen molar-refractivity contribution in [3.63, 3.8) is 0 Å². The van der Waals surface area contributed by atoms with E-state index in [1.807, 2.05) is 0 Å². The van der Waals surface area contributed by atoms with Crippen LogP contribution in [0.3, 0.4) is 0 Å². The van der Waals surface area contributed by atoms with Crippen molar-refractivity contribution in [1.29, 1.82) is 0 Å². The van der Waals surface area contributed by atoms with Crippen molar-refractivity contribution >= 4 is 21.8 Å². The average molecular weight is 195 g/mol. The zero-order valence-corrected chi connectivity index (χ0v) is 6.86. The molecule has 0 unspecified atom stereocenters. The van der Waals surface area contributed by atoms with Crippen molar-refractivity contribution in [1.82, 2.24) is 0 Å². The van der Waals surface area contributed by atoms with Crippen molar-refractivity contribution in [2.45, 2.75) is 4.90 Å². The lowest BCUT2D eigenvalue weighted by Gasteiger charge is -1.93. The van der Waals surface area contributed by atoms with Gasteiger partial charge in [0.2, 0.25) is 0 Å². The fourth-order valence-corrected chi connectivity index (χ4v) is 1.38. The summed E-state index contributed by atoms with van der Waals surface area (Å²) in [6, 6.07) is 5.03. The van der Waals surface area contributed by atoms with E-state index >= 15 is 0 Å². The van der Waals surface area contributed by atoms with E-state index in [0.29, 0.717) is 0 Å². The van der Waals surface area contributed by atoms with Gasteiger partial charge in [0.15, 0.2) is 0 Å². The molecule has 0 fully saturated rings. The van der Waals surface area contributed by atoms with Crippen LogP contribution in [-0.4, -0.2) is 8.42 Å². The van der Waals surface area contributed by atoms with Gasteiger partial charge < -0.3 is 0 Å². The molecule has 1 rings (SSSR count). The number of hydrogen-bond donors (Lipinski definition) is 0. The van der Waals surface area contributed by atoms with Crippen LogP contribution in [0.25, 0.3) is 0 Å². The van der Waals surface area contributed by atoms with Crippen LogP contribution in [0, 0.1) is 0 Å². The summed E-state index contributed by atoms with van der Waals surface area (Å²) in [7, 11) is -4.61. The summed E-state index contributed by atoms with van der Waals surface area (Å²) in [5.41, 5.74) is 0. The van der Waals surface area contributed by atoms with Crippen molar-refractivity contribution < 1.29 is 12.3 Å². The third-order valence-corrected chi connectivity index (χ3v) is 2.13. The minimum absolute atomic E-state index is 0.198. The Morgan fingerprint density at radius 2 is 2.00 bits per heavy atom. The first kappa shape index (κ1) is 8.49. The van der Waals surface area contributed by atoms with Gasteiger partial charge in [0.25, 0.3) is 0 Å². The van der Waals surface area contributed by atoms with Crippen molar-refractivity contribution in [2.75, 3.05) is 0 Å². The average Bonchev–Trinajstić information content (AvgIpc) is 1.86. The summed E-state index contributed by atoms with van der Waals surface area (Å²) in [6.07, 6.45) is 0. The molecule has 0 saturated carbocycles. The Bertz CT molecular complexity index is 361. The lowest BCUT2D eigenvalue weighted by Crippen LogP contribution is -1.90. The highest BCUT2D eigenvalue weighted by Crippen LogP contribution is 2.16. The monoisotopic (exact) mass is 194 g/mol. The quantitative estimate of drug-likeness (QED) is 0.641. The zero-order valence-electron chi connectivity index (χ0n) is 5.29. The van der Waals surface area contributed by atoms with Crippen LogP contribution in [0.5, 0.6) is 0 Å². The molecule has 1 aromatic carbocycles. The molecule has 0 amide bonds. The normalized spacial score (nSPS) is 11.5. The largest absolute Gasteiger partial charge is 0.332 e. The SMILES string of the molecule is O=S(=O)(F)c1cccc(Cl)c1. The molecular formula is C6H4ClFO2S. The Morgan fingerprint density at radius 3 is 2.36 bits per heavy atom. The maximum atomic E-state index is 12.2. The van der Waals surface area contributed by atoms with Gasteiger partial charge in [0, 0.05) is 5.02 Å². The van der Waals surface area contributed by atoms with Gasteiger partial charge in [-0.2, -0.15) is 8.42 Å². The molecule has 0 radical (unpaired) electrons.